The molecule has 0 amide bonds. The summed E-state index contributed by atoms with van der Waals surface area (Å²) in [6.45, 7) is 7.30. The lowest BCUT2D eigenvalue weighted by atomic mass is 10.1. The average Bonchev–Trinajstić information content (AvgIpc) is 2.83. The Morgan fingerprint density at radius 1 is 1.20 bits per heavy atom. The second-order valence-corrected chi connectivity index (χ2v) is 6.24. The van der Waals surface area contributed by atoms with Crippen molar-refractivity contribution in [1.82, 2.24) is 14.9 Å². The van der Waals surface area contributed by atoms with Crippen LogP contribution in [0.2, 0.25) is 0 Å². The van der Waals surface area contributed by atoms with Crippen molar-refractivity contribution in [1.29, 1.82) is 0 Å². The van der Waals surface area contributed by atoms with Crippen LogP contribution in [0.1, 0.15) is 26.5 Å². The highest BCUT2D eigenvalue weighted by molar-refractivity contribution is 5.62. The molecule has 0 aliphatic carbocycles. The molecule has 0 fully saturated rings. The van der Waals surface area contributed by atoms with Crippen molar-refractivity contribution in [3.8, 4) is 5.69 Å². The van der Waals surface area contributed by atoms with E-state index in [0.29, 0.717) is 0 Å². The Kier molecular flexibility index (Phi) is 4.14. The van der Waals surface area contributed by atoms with Gasteiger partial charge in [0.2, 0.25) is 0 Å². The quantitative estimate of drug-likeness (QED) is 0.929. The number of para-hydroxylation sites is 2. The van der Waals surface area contributed by atoms with Crippen molar-refractivity contribution in [3.63, 3.8) is 0 Å². The second kappa shape index (κ2) is 5.67. The van der Waals surface area contributed by atoms with Gasteiger partial charge in [0, 0.05) is 32.4 Å². The highest BCUT2D eigenvalue weighted by Gasteiger charge is 2.13. The standard InChI is InChI=1S/C16H24N4/c1-16(2,3)18-11-13-10-17-12-20(13)15-9-7-6-8-14(15)19(4)5/h6-10,12,18H,11H2,1-5H3. The molecule has 0 atom stereocenters. The number of hydrogen-bond acceptors (Lipinski definition) is 3. The monoisotopic (exact) mass is 272 g/mol. The molecule has 1 heterocycles. The lowest BCUT2D eigenvalue weighted by molar-refractivity contribution is 0.419. The number of aromatic nitrogens is 2. The molecule has 1 aromatic carbocycles. The SMILES string of the molecule is CN(C)c1ccccc1-n1cncc1CNC(C)(C)C. The van der Waals surface area contributed by atoms with Gasteiger partial charge < -0.3 is 10.2 Å². The first kappa shape index (κ1) is 14.6. The van der Waals surface area contributed by atoms with Crippen LogP contribution in [0.15, 0.2) is 36.8 Å². The van der Waals surface area contributed by atoms with E-state index >= 15 is 0 Å². The first-order chi connectivity index (χ1) is 9.38. The Morgan fingerprint density at radius 2 is 1.90 bits per heavy atom. The molecule has 0 aliphatic rings. The minimum atomic E-state index is 0.0934. The van der Waals surface area contributed by atoms with Crippen LogP contribution >= 0.6 is 0 Å². The Hall–Kier alpha value is -1.81. The van der Waals surface area contributed by atoms with Crippen molar-refractivity contribution >= 4 is 5.69 Å². The predicted octanol–water partition coefficient (Wildman–Crippen LogP) is 2.83. The molecule has 0 aliphatic heterocycles. The van der Waals surface area contributed by atoms with E-state index in [0.717, 1.165) is 17.9 Å². The molecule has 0 saturated heterocycles. The van der Waals surface area contributed by atoms with Gasteiger partial charge in [0.1, 0.15) is 0 Å². The molecule has 4 heteroatoms. The molecule has 0 spiro atoms. The van der Waals surface area contributed by atoms with Crippen LogP contribution in [-0.4, -0.2) is 29.2 Å². The Labute approximate surface area is 121 Å². The van der Waals surface area contributed by atoms with Crippen molar-refractivity contribution in [2.24, 2.45) is 0 Å². The van der Waals surface area contributed by atoms with Crippen LogP contribution < -0.4 is 10.2 Å². The fourth-order valence-electron chi connectivity index (χ4n) is 2.07. The maximum atomic E-state index is 4.30. The summed E-state index contributed by atoms with van der Waals surface area (Å²) in [4.78, 5) is 6.43. The summed E-state index contributed by atoms with van der Waals surface area (Å²) in [5.74, 6) is 0. The molecule has 2 rings (SSSR count). The van der Waals surface area contributed by atoms with Crippen molar-refractivity contribution in [3.05, 3.63) is 42.5 Å². The summed E-state index contributed by atoms with van der Waals surface area (Å²) in [6.07, 6.45) is 3.80. The number of anilines is 1. The maximum Gasteiger partial charge on any atom is 0.0995 e. The van der Waals surface area contributed by atoms with Gasteiger partial charge in [-0.2, -0.15) is 0 Å². The topological polar surface area (TPSA) is 33.1 Å². The molecule has 20 heavy (non-hydrogen) atoms. The molecule has 1 aromatic heterocycles. The summed E-state index contributed by atoms with van der Waals surface area (Å²) < 4.78 is 2.15. The van der Waals surface area contributed by atoms with Crippen LogP contribution in [0, 0.1) is 0 Å². The summed E-state index contributed by atoms with van der Waals surface area (Å²) >= 11 is 0. The van der Waals surface area contributed by atoms with E-state index in [1.54, 1.807) is 0 Å². The fraction of sp³-hybridized carbons (Fsp3) is 0.438. The first-order valence-electron chi connectivity index (χ1n) is 6.91. The highest BCUT2D eigenvalue weighted by Crippen LogP contribution is 2.23. The highest BCUT2D eigenvalue weighted by atomic mass is 15.1. The summed E-state index contributed by atoms with van der Waals surface area (Å²) in [5.41, 5.74) is 3.59. The molecule has 108 valence electrons. The summed E-state index contributed by atoms with van der Waals surface area (Å²) in [7, 11) is 4.12. The minimum Gasteiger partial charge on any atom is -0.376 e. The van der Waals surface area contributed by atoms with Crippen LogP contribution in [0.5, 0.6) is 0 Å². The van der Waals surface area contributed by atoms with E-state index in [2.05, 4.69) is 78.9 Å². The van der Waals surface area contributed by atoms with Gasteiger partial charge in [-0.15, -0.1) is 0 Å². The van der Waals surface area contributed by atoms with Gasteiger partial charge in [-0.05, 0) is 32.9 Å². The lowest BCUT2D eigenvalue weighted by Crippen LogP contribution is -2.35. The predicted molar refractivity (Wildman–Crippen MR) is 84.5 cm³/mol. The van der Waals surface area contributed by atoms with E-state index in [4.69, 9.17) is 0 Å². The van der Waals surface area contributed by atoms with E-state index in [1.165, 1.54) is 5.69 Å². The zero-order valence-corrected chi connectivity index (χ0v) is 13.0. The van der Waals surface area contributed by atoms with Gasteiger partial charge in [-0.3, -0.25) is 4.57 Å². The number of nitrogens with one attached hydrogen (secondary N) is 1. The third-order valence-electron chi connectivity index (χ3n) is 3.14. The van der Waals surface area contributed by atoms with E-state index in [1.807, 2.05) is 12.5 Å². The molecular formula is C16H24N4. The van der Waals surface area contributed by atoms with Gasteiger partial charge in [-0.1, -0.05) is 12.1 Å². The number of rotatable bonds is 4. The van der Waals surface area contributed by atoms with Gasteiger partial charge in [0.25, 0.3) is 0 Å². The van der Waals surface area contributed by atoms with Crippen molar-refractivity contribution in [2.75, 3.05) is 19.0 Å². The zero-order valence-electron chi connectivity index (χ0n) is 13.0. The number of imidazole rings is 1. The normalized spacial score (nSPS) is 11.7. The van der Waals surface area contributed by atoms with Crippen molar-refractivity contribution in [2.45, 2.75) is 32.9 Å². The minimum absolute atomic E-state index is 0.0934. The van der Waals surface area contributed by atoms with Gasteiger partial charge >= 0.3 is 0 Å². The van der Waals surface area contributed by atoms with E-state index < -0.39 is 0 Å². The first-order valence-corrected chi connectivity index (χ1v) is 6.91. The van der Waals surface area contributed by atoms with Crippen molar-refractivity contribution < 1.29 is 0 Å². The zero-order chi connectivity index (χ0) is 14.8. The summed E-state index contributed by atoms with van der Waals surface area (Å²) in [6, 6.07) is 8.36. The second-order valence-electron chi connectivity index (χ2n) is 6.24. The maximum absolute atomic E-state index is 4.30. The molecule has 0 saturated carbocycles. The molecular weight excluding hydrogens is 248 g/mol. The molecule has 4 nitrogen and oxygen atoms in total. The van der Waals surface area contributed by atoms with Gasteiger partial charge in [-0.25, -0.2) is 4.98 Å². The smallest absolute Gasteiger partial charge is 0.0995 e. The third-order valence-corrected chi connectivity index (χ3v) is 3.14. The largest absolute Gasteiger partial charge is 0.376 e. The van der Waals surface area contributed by atoms with Crippen LogP contribution in [0.4, 0.5) is 5.69 Å². The Morgan fingerprint density at radius 3 is 2.55 bits per heavy atom. The van der Waals surface area contributed by atoms with Gasteiger partial charge in [0.15, 0.2) is 0 Å². The number of hydrogen-bond donors (Lipinski definition) is 1. The average molecular weight is 272 g/mol. The fourth-order valence-corrected chi connectivity index (χ4v) is 2.07. The van der Waals surface area contributed by atoms with Crippen LogP contribution in [0.25, 0.3) is 5.69 Å². The summed E-state index contributed by atoms with van der Waals surface area (Å²) in [5, 5.41) is 3.51. The van der Waals surface area contributed by atoms with Gasteiger partial charge in [0.05, 0.1) is 23.4 Å². The van der Waals surface area contributed by atoms with Crippen LogP contribution in [-0.2, 0) is 6.54 Å². The van der Waals surface area contributed by atoms with E-state index in [-0.39, 0.29) is 5.54 Å². The molecule has 2 aromatic rings. The lowest BCUT2D eigenvalue weighted by Gasteiger charge is -2.22. The molecule has 0 unspecified atom stereocenters. The Balaban J connectivity index is 2.33. The third kappa shape index (κ3) is 3.39. The van der Waals surface area contributed by atoms with E-state index in [9.17, 15) is 0 Å². The molecule has 0 radical (unpaired) electrons. The number of benzene rings is 1. The molecule has 1 N–H and O–H groups in total. The van der Waals surface area contributed by atoms with Crippen LogP contribution in [0.3, 0.4) is 0 Å². The Bertz CT molecular complexity index is 564. The molecule has 0 bridgehead atoms. The number of nitrogens with zero attached hydrogens (tertiary/aromatic N) is 3.